The van der Waals surface area contributed by atoms with Crippen LogP contribution in [0.3, 0.4) is 0 Å². The number of nitrogens with zero attached hydrogens (tertiary/aromatic N) is 3. The molecule has 0 saturated carbocycles. The van der Waals surface area contributed by atoms with Crippen molar-refractivity contribution in [1.29, 1.82) is 5.26 Å². The van der Waals surface area contributed by atoms with Crippen molar-refractivity contribution in [3.63, 3.8) is 0 Å². The summed E-state index contributed by atoms with van der Waals surface area (Å²) in [5, 5.41) is 22.7. The van der Waals surface area contributed by atoms with Gasteiger partial charge in [0.2, 0.25) is 0 Å². The first kappa shape index (κ1) is 23.3. The summed E-state index contributed by atoms with van der Waals surface area (Å²) < 4.78 is 7.23. The molecule has 162 valence electrons. The van der Waals surface area contributed by atoms with Gasteiger partial charge in [-0.3, -0.25) is 14.9 Å². The van der Waals surface area contributed by atoms with Crippen LogP contribution in [0.5, 0.6) is 0 Å². The van der Waals surface area contributed by atoms with Crippen molar-refractivity contribution in [2.24, 2.45) is 0 Å². The molecule has 1 unspecified atom stereocenters. The fourth-order valence-electron chi connectivity index (χ4n) is 3.05. The summed E-state index contributed by atoms with van der Waals surface area (Å²) in [5.74, 6) is -1.60. The number of aromatic nitrogens is 1. The standard InChI is InChI=1S/C22H24N4O5/c1-5-9-25-14(2)10-17(15(25)3)11-18(13-23)22(28)31-16(4)21(27)24-19-7-6-8-20(12-19)26(29)30/h6-8,10-12,16H,5,9H2,1-4H3,(H,24,27)/b18-11+. The lowest BCUT2D eigenvalue weighted by Crippen LogP contribution is -2.30. The first-order valence-electron chi connectivity index (χ1n) is 9.72. The van der Waals surface area contributed by atoms with Crippen LogP contribution in [0.15, 0.2) is 35.9 Å². The van der Waals surface area contributed by atoms with Gasteiger partial charge in [0, 0.05) is 35.8 Å². The number of nitrogens with one attached hydrogen (secondary N) is 1. The minimum atomic E-state index is -1.21. The molecule has 1 amide bonds. The summed E-state index contributed by atoms with van der Waals surface area (Å²) in [6.45, 7) is 8.10. The second-order valence-electron chi connectivity index (χ2n) is 6.99. The van der Waals surface area contributed by atoms with Crippen LogP contribution in [0.1, 0.15) is 37.2 Å². The first-order valence-corrected chi connectivity index (χ1v) is 9.72. The van der Waals surface area contributed by atoms with Crippen LogP contribution < -0.4 is 5.32 Å². The Morgan fingerprint density at radius 3 is 2.68 bits per heavy atom. The molecule has 0 spiro atoms. The highest BCUT2D eigenvalue weighted by Gasteiger charge is 2.22. The quantitative estimate of drug-likeness (QED) is 0.225. The summed E-state index contributed by atoms with van der Waals surface area (Å²) in [6.07, 6.45) is 1.18. The molecule has 2 aromatic rings. The molecule has 2 rings (SSSR count). The molecule has 1 N–H and O–H groups in total. The van der Waals surface area contributed by atoms with E-state index in [0.717, 1.165) is 29.9 Å². The van der Waals surface area contributed by atoms with E-state index < -0.39 is 22.9 Å². The summed E-state index contributed by atoms with van der Waals surface area (Å²) >= 11 is 0. The average molecular weight is 424 g/mol. The van der Waals surface area contributed by atoms with Crippen LogP contribution in [-0.4, -0.2) is 27.5 Å². The van der Waals surface area contributed by atoms with Crippen molar-refractivity contribution < 1.29 is 19.2 Å². The molecule has 0 fully saturated rings. The number of nitro benzene ring substituents is 1. The Balaban J connectivity index is 2.11. The predicted octanol–water partition coefficient (Wildman–Crippen LogP) is 3.90. The topological polar surface area (TPSA) is 127 Å². The highest BCUT2D eigenvalue weighted by Crippen LogP contribution is 2.20. The number of carbonyl (C=O) groups excluding carboxylic acids is 2. The van der Waals surface area contributed by atoms with Gasteiger partial charge in [-0.2, -0.15) is 5.26 Å². The molecular formula is C22H24N4O5. The largest absolute Gasteiger partial charge is 0.448 e. The van der Waals surface area contributed by atoms with E-state index in [1.54, 1.807) is 0 Å². The van der Waals surface area contributed by atoms with Gasteiger partial charge in [-0.25, -0.2) is 4.79 Å². The van der Waals surface area contributed by atoms with Gasteiger partial charge in [0.05, 0.1) is 4.92 Å². The molecule has 31 heavy (non-hydrogen) atoms. The van der Waals surface area contributed by atoms with Gasteiger partial charge in [-0.15, -0.1) is 0 Å². The Labute approximate surface area is 180 Å². The van der Waals surface area contributed by atoms with Gasteiger partial charge in [0.1, 0.15) is 11.6 Å². The SMILES string of the molecule is CCCn1c(C)cc(/C=C(\C#N)C(=O)OC(C)C(=O)Nc2cccc([N+](=O)[O-])c2)c1C. The Hall–Kier alpha value is -3.93. The minimum Gasteiger partial charge on any atom is -0.448 e. The van der Waals surface area contributed by atoms with E-state index in [1.165, 1.54) is 37.3 Å². The first-order chi connectivity index (χ1) is 14.7. The molecule has 0 radical (unpaired) electrons. The lowest BCUT2D eigenvalue weighted by Gasteiger charge is -2.13. The second kappa shape index (κ2) is 10.2. The van der Waals surface area contributed by atoms with Gasteiger partial charge < -0.3 is 14.6 Å². The van der Waals surface area contributed by atoms with Gasteiger partial charge in [-0.05, 0) is 51.0 Å². The van der Waals surface area contributed by atoms with Crippen molar-refractivity contribution in [2.75, 3.05) is 5.32 Å². The number of ether oxygens (including phenoxy) is 1. The Bertz CT molecular complexity index is 1080. The molecule has 0 bridgehead atoms. The van der Waals surface area contributed by atoms with E-state index in [2.05, 4.69) is 16.8 Å². The van der Waals surface area contributed by atoms with Crippen molar-refractivity contribution in [3.8, 4) is 6.07 Å². The lowest BCUT2D eigenvalue weighted by molar-refractivity contribution is -0.384. The zero-order valence-electron chi connectivity index (χ0n) is 17.8. The van der Waals surface area contributed by atoms with E-state index >= 15 is 0 Å². The number of rotatable bonds is 8. The van der Waals surface area contributed by atoms with Gasteiger partial charge in [0.15, 0.2) is 6.10 Å². The molecule has 1 heterocycles. The molecule has 1 atom stereocenters. The molecule has 0 aliphatic carbocycles. The van der Waals surface area contributed by atoms with E-state index in [0.29, 0.717) is 0 Å². The van der Waals surface area contributed by atoms with Crippen molar-refractivity contribution >= 4 is 29.3 Å². The fourth-order valence-corrected chi connectivity index (χ4v) is 3.05. The summed E-state index contributed by atoms with van der Waals surface area (Å²) in [6, 6.07) is 9.10. The number of hydrogen-bond donors (Lipinski definition) is 1. The number of aryl methyl sites for hydroxylation is 1. The highest BCUT2D eigenvalue weighted by molar-refractivity contribution is 6.01. The van der Waals surface area contributed by atoms with Gasteiger partial charge in [0.25, 0.3) is 11.6 Å². The monoisotopic (exact) mass is 424 g/mol. The van der Waals surface area contributed by atoms with Gasteiger partial charge >= 0.3 is 5.97 Å². The number of carbonyl (C=O) groups is 2. The number of hydrogen-bond acceptors (Lipinski definition) is 6. The third kappa shape index (κ3) is 5.79. The van der Waals surface area contributed by atoms with E-state index in [4.69, 9.17) is 4.74 Å². The number of non-ortho nitro benzene ring substituents is 1. The molecule has 0 aliphatic rings. The Kier molecular flexibility index (Phi) is 7.69. The van der Waals surface area contributed by atoms with Crippen molar-refractivity contribution in [2.45, 2.75) is 46.8 Å². The maximum atomic E-state index is 12.4. The number of anilines is 1. The number of nitriles is 1. The van der Waals surface area contributed by atoms with Crippen LogP contribution in [0, 0.1) is 35.3 Å². The summed E-state index contributed by atoms with van der Waals surface area (Å²) in [7, 11) is 0. The van der Waals surface area contributed by atoms with Crippen molar-refractivity contribution in [1.82, 2.24) is 4.57 Å². The lowest BCUT2D eigenvalue weighted by atomic mass is 10.1. The molecule has 9 nitrogen and oxygen atoms in total. The molecular weight excluding hydrogens is 400 g/mol. The Morgan fingerprint density at radius 1 is 1.35 bits per heavy atom. The molecule has 0 saturated heterocycles. The van der Waals surface area contributed by atoms with E-state index in [1.807, 2.05) is 26.0 Å². The maximum Gasteiger partial charge on any atom is 0.349 e. The highest BCUT2D eigenvalue weighted by atomic mass is 16.6. The average Bonchev–Trinajstić information content (AvgIpc) is 2.99. The molecule has 0 aliphatic heterocycles. The van der Waals surface area contributed by atoms with Crippen LogP contribution in [0.2, 0.25) is 0 Å². The van der Waals surface area contributed by atoms with E-state index in [9.17, 15) is 25.0 Å². The smallest absolute Gasteiger partial charge is 0.349 e. The number of esters is 1. The molecule has 1 aromatic carbocycles. The zero-order valence-corrected chi connectivity index (χ0v) is 17.8. The Morgan fingerprint density at radius 2 is 2.06 bits per heavy atom. The molecule has 1 aromatic heterocycles. The van der Waals surface area contributed by atoms with Gasteiger partial charge in [-0.1, -0.05) is 13.0 Å². The zero-order chi connectivity index (χ0) is 23.1. The van der Waals surface area contributed by atoms with E-state index in [-0.39, 0.29) is 16.9 Å². The number of benzene rings is 1. The third-order valence-corrected chi connectivity index (χ3v) is 4.68. The molecule has 9 heteroatoms. The summed E-state index contributed by atoms with van der Waals surface area (Å²) in [4.78, 5) is 35.0. The third-order valence-electron chi connectivity index (χ3n) is 4.68. The van der Waals surface area contributed by atoms with Crippen LogP contribution in [-0.2, 0) is 20.9 Å². The number of amides is 1. The van der Waals surface area contributed by atoms with Crippen molar-refractivity contribution in [3.05, 3.63) is 63.0 Å². The summed E-state index contributed by atoms with van der Waals surface area (Å²) in [5.41, 5.74) is 2.46. The maximum absolute atomic E-state index is 12.4. The second-order valence-corrected chi connectivity index (χ2v) is 6.99. The van der Waals surface area contributed by atoms with Crippen LogP contribution >= 0.6 is 0 Å². The van der Waals surface area contributed by atoms with Crippen LogP contribution in [0.4, 0.5) is 11.4 Å². The number of nitro groups is 1. The normalized spacial score (nSPS) is 12.0. The minimum absolute atomic E-state index is 0.183. The van der Waals surface area contributed by atoms with Crippen LogP contribution in [0.25, 0.3) is 6.08 Å². The predicted molar refractivity (Wildman–Crippen MR) is 115 cm³/mol. The fraction of sp³-hybridized carbons (Fsp3) is 0.318.